The first-order valence-corrected chi connectivity index (χ1v) is 10.5. The molecule has 0 bridgehead atoms. The summed E-state index contributed by atoms with van der Waals surface area (Å²) in [6, 6.07) is 15.4. The average molecular weight is 417 g/mol. The van der Waals surface area contributed by atoms with Gasteiger partial charge < -0.3 is 14.6 Å². The van der Waals surface area contributed by atoms with Gasteiger partial charge in [0.15, 0.2) is 0 Å². The molecule has 9 heteroatoms. The molecule has 0 aliphatic rings. The predicted molar refractivity (Wildman–Crippen MR) is 99.3 cm³/mol. The van der Waals surface area contributed by atoms with E-state index in [9.17, 15) is 18.3 Å². The normalized spacial score (nSPS) is 12.0. The van der Waals surface area contributed by atoms with Crippen molar-refractivity contribution in [2.45, 2.75) is 23.6 Å². The van der Waals surface area contributed by atoms with E-state index in [1.807, 2.05) is 19.1 Å². The van der Waals surface area contributed by atoms with E-state index in [2.05, 4.69) is 4.72 Å². The maximum atomic E-state index is 12.2. The van der Waals surface area contributed by atoms with Crippen LogP contribution in [0.4, 0.5) is 0 Å². The summed E-state index contributed by atoms with van der Waals surface area (Å²) in [7, 11) is -3.51. The van der Waals surface area contributed by atoms with Crippen LogP contribution in [-0.2, 0) is 21.2 Å². The fraction of sp³-hybridized carbons (Fsp3) is 0.278. The molecule has 0 fully saturated rings. The second-order valence-corrected chi connectivity index (χ2v) is 8.66. The van der Waals surface area contributed by atoms with Gasteiger partial charge in [-0.1, -0.05) is 30.3 Å². The smallest absolute Gasteiger partial charge is 0.546 e. The quantitative estimate of drug-likeness (QED) is 0.370. The van der Waals surface area contributed by atoms with E-state index in [4.69, 9.17) is 4.74 Å². The largest absolute Gasteiger partial charge is 1.00 e. The summed E-state index contributed by atoms with van der Waals surface area (Å²) in [6.45, 7) is 1.33. The molecule has 0 amide bonds. The number of aliphatic carboxylic acids is 1. The van der Waals surface area contributed by atoms with Gasteiger partial charge in [-0.3, -0.25) is 0 Å². The van der Waals surface area contributed by atoms with Crippen LogP contribution in [0.3, 0.4) is 0 Å². The Hall–Kier alpha value is -1.03. The summed E-state index contributed by atoms with van der Waals surface area (Å²) in [5, 5.41) is 10.1. The number of carbonyl (C=O) groups excluding carboxylic acids is 1. The number of benzene rings is 2. The number of thioether (sulfide) groups is 1. The van der Waals surface area contributed by atoms with Gasteiger partial charge in [-0.15, -0.1) is 11.8 Å². The summed E-state index contributed by atoms with van der Waals surface area (Å²) >= 11 is 1.50. The van der Waals surface area contributed by atoms with E-state index < -0.39 is 22.6 Å². The minimum absolute atomic E-state index is 0. The first kappa shape index (κ1) is 24.0. The number of carbonyl (C=O) groups is 1. The van der Waals surface area contributed by atoms with E-state index in [-0.39, 0.29) is 39.8 Å². The molecule has 0 heterocycles. The Morgan fingerprint density at radius 3 is 2.37 bits per heavy atom. The molecule has 1 unspecified atom stereocenters. The third kappa shape index (κ3) is 8.68. The standard InChI is InChI=1S/C18H21NO5S2.Na/c1-14(19-26(22,23)17-5-3-2-4-6-17)25-12-11-15-7-9-16(10-8-15)24-13-18(20)21;/h2-10,14,19H,11-13H2,1H3,(H,20,21);/q;+1/p-1. The minimum Gasteiger partial charge on any atom is -0.546 e. The van der Waals surface area contributed by atoms with Gasteiger partial charge in [-0.25, -0.2) is 8.42 Å². The van der Waals surface area contributed by atoms with Crippen LogP contribution in [0.15, 0.2) is 59.5 Å². The number of hydrogen-bond donors (Lipinski definition) is 1. The Morgan fingerprint density at radius 1 is 1.15 bits per heavy atom. The van der Waals surface area contributed by atoms with Crippen molar-refractivity contribution in [3.05, 3.63) is 60.2 Å². The molecule has 0 radical (unpaired) electrons. The molecule has 140 valence electrons. The number of rotatable bonds is 10. The Bertz CT molecular complexity index is 813. The first-order chi connectivity index (χ1) is 12.4. The number of carboxylic acid groups (broad SMARTS) is 1. The minimum atomic E-state index is -3.51. The summed E-state index contributed by atoms with van der Waals surface area (Å²) < 4.78 is 32.1. The zero-order valence-corrected chi connectivity index (χ0v) is 18.9. The van der Waals surface area contributed by atoms with Crippen LogP contribution in [0.25, 0.3) is 0 Å². The van der Waals surface area contributed by atoms with E-state index in [0.29, 0.717) is 5.75 Å². The van der Waals surface area contributed by atoms with Crippen molar-refractivity contribution in [3.8, 4) is 5.75 Å². The molecule has 27 heavy (non-hydrogen) atoms. The molecule has 1 atom stereocenters. The molecule has 0 aliphatic carbocycles. The van der Waals surface area contributed by atoms with Crippen LogP contribution in [0.1, 0.15) is 12.5 Å². The van der Waals surface area contributed by atoms with Crippen LogP contribution >= 0.6 is 11.8 Å². The van der Waals surface area contributed by atoms with Crippen molar-refractivity contribution in [3.63, 3.8) is 0 Å². The Kier molecular flexibility index (Phi) is 10.4. The van der Waals surface area contributed by atoms with Crippen LogP contribution in [0.5, 0.6) is 5.75 Å². The third-order valence-corrected chi connectivity index (χ3v) is 6.18. The molecule has 2 aromatic carbocycles. The maximum Gasteiger partial charge on any atom is 1.00 e. The number of carboxylic acids is 1. The number of ether oxygens (including phenoxy) is 1. The molecule has 2 rings (SSSR count). The molecule has 2 aromatic rings. The van der Waals surface area contributed by atoms with Gasteiger partial charge in [-0.2, -0.15) is 4.72 Å². The molecular formula is C18H20NNaO5S2. The zero-order valence-electron chi connectivity index (χ0n) is 15.3. The van der Waals surface area contributed by atoms with Crippen molar-refractivity contribution in [1.82, 2.24) is 4.72 Å². The van der Waals surface area contributed by atoms with Gasteiger partial charge in [0.2, 0.25) is 10.0 Å². The SMILES string of the molecule is CC(NS(=O)(=O)c1ccccc1)SCCc1ccc(OCC(=O)[O-])cc1.[Na+]. The molecule has 0 aromatic heterocycles. The van der Waals surface area contributed by atoms with Crippen molar-refractivity contribution in [2.24, 2.45) is 0 Å². The molecular weight excluding hydrogens is 397 g/mol. The predicted octanol–water partition coefficient (Wildman–Crippen LogP) is -1.58. The number of aryl methyl sites for hydroxylation is 1. The fourth-order valence-electron chi connectivity index (χ4n) is 2.17. The van der Waals surface area contributed by atoms with Crippen molar-refractivity contribution in [2.75, 3.05) is 12.4 Å². The molecule has 6 nitrogen and oxygen atoms in total. The monoisotopic (exact) mass is 417 g/mol. The van der Waals surface area contributed by atoms with Crippen LogP contribution in [0.2, 0.25) is 0 Å². The van der Waals surface area contributed by atoms with Gasteiger partial charge in [0.25, 0.3) is 0 Å². The van der Waals surface area contributed by atoms with E-state index in [1.54, 1.807) is 42.5 Å². The molecule has 0 saturated carbocycles. The van der Waals surface area contributed by atoms with Gasteiger partial charge in [0.05, 0.1) is 16.2 Å². The second-order valence-electron chi connectivity index (χ2n) is 5.50. The first-order valence-electron chi connectivity index (χ1n) is 7.97. The number of sulfonamides is 1. The average Bonchev–Trinajstić information content (AvgIpc) is 2.61. The van der Waals surface area contributed by atoms with Gasteiger partial charge in [0.1, 0.15) is 12.4 Å². The summed E-state index contributed by atoms with van der Waals surface area (Å²) in [4.78, 5) is 10.6. The van der Waals surface area contributed by atoms with E-state index in [0.717, 1.165) is 17.7 Å². The van der Waals surface area contributed by atoms with Crippen molar-refractivity contribution >= 4 is 27.8 Å². The van der Waals surface area contributed by atoms with Gasteiger partial charge in [-0.05, 0) is 48.9 Å². The van der Waals surface area contributed by atoms with Crippen molar-refractivity contribution in [1.29, 1.82) is 0 Å². The van der Waals surface area contributed by atoms with Crippen LogP contribution < -0.4 is 44.1 Å². The third-order valence-electron chi connectivity index (χ3n) is 3.41. The van der Waals surface area contributed by atoms with E-state index in [1.165, 1.54) is 11.8 Å². The zero-order chi connectivity index (χ0) is 19.0. The summed E-state index contributed by atoms with van der Waals surface area (Å²) in [6.07, 6.45) is 0.753. The van der Waals surface area contributed by atoms with E-state index >= 15 is 0 Å². The number of hydrogen-bond acceptors (Lipinski definition) is 6. The molecule has 0 aliphatic heterocycles. The maximum absolute atomic E-state index is 12.2. The second kappa shape index (κ2) is 11.7. The molecule has 0 saturated heterocycles. The summed E-state index contributed by atoms with van der Waals surface area (Å²) in [5.74, 6) is -0.0652. The van der Waals surface area contributed by atoms with Gasteiger partial charge in [0, 0.05) is 0 Å². The van der Waals surface area contributed by atoms with Crippen LogP contribution in [0, 0.1) is 0 Å². The fourth-order valence-corrected chi connectivity index (χ4v) is 4.62. The Balaban J connectivity index is 0.00000364. The Morgan fingerprint density at radius 2 is 1.78 bits per heavy atom. The summed E-state index contributed by atoms with van der Waals surface area (Å²) in [5.41, 5.74) is 1.05. The number of nitrogens with one attached hydrogen (secondary N) is 1. The topological polar surface area (TPSA) is 95.5 Å². The van der Waals surface area contributed by atoms with Gasteiger partial charge >= 0.3 is 29.6 Å². The molecule has 0 spiro atoms. The molecule has 1 N–H and O–H groups in total. The van der Waals surface area contributed by atoms with Crippen molar-refractivity contribution < 1.29 is 52.6 Å². The Labute approximate surface area is 186 Å². The van der Waals surface area contributed by atoms with Crippen LogP contribution in [-0.4, -0.2) is 32.1 Å².